The van der Waals surface area contributed by atoms with E-state index in [4.69, 9.17) is 9.47 Å². The van der Waals surface area contributed by atoms with Crippen LogP contribution in [0.2, 0.25) is 0 Å². The summed E-state index contributed by atoms with van der Waals surface area (Å²) >= 11 is 0. The highest BCUT2D eigenvalue weighted by Gasteiger charge is 2.48. The van der Waals surface area contributed by atoms with Crippen LogP contribution < -0.4 is 14.8 Å². The van der Waals surface area contributed by atoms with E-state index in [2.05, 4.69) is 5.32 Å². The highest BCUT2D eigenvalue weighted by Crippen LogP contribution is 2.40. The van der Waals surface area contributed by atoms with E-state index in [1.54, 1.807) is 18.2 Å². The molecular formula is C19H16N2O6S. The molecule has 0 bridgehead atoms. The Morgan fingerprint density at radius 3 is 2.54 bits per heavy atom. The largest absolute Gasteiger partial charge is 0.486 e. The summed E-state index contributed by atoms with van der Waals surface area (Å²) in [5.74, 6) is 0.140. The molecule has 5 rings (SSSR count). The summed E-state index contributed by atoms with van der Waals surface area (Å²) in [7, 11) is -3.91. The van der Waals surface area contributed by atoms with Gasteiger partial charge in [0.05, 0.1) is 5.56 Å². The molecule has 1 fully saturated rings. The average Bonchev–Trinajstić information content (AvgIpc) is 3.49. The topological polar surface area (TPSA) is 102 Å². The minimum absolute atomic E-state index is 0.112. The molecule has 2 aromatic rings. The molecular weight excluding hydrogens is 384 g/mol. The Hall–Kier alpha value is -3.07. The van der Waals surface area contributed by atoms with E-state index >= 15 is 0 Å². The van der Waals surface area contributed by atoms with Gasteiger partial charge >= 0.3 is 0 Å². The third-order valence-electron chi connectivity index (χ3n) is 4.89. The zero-order chi connectivity index (χ0) is 19.5. The maximum Gasteiger partial charge on any atom is 0.269 e. The van der Waals surface area contributed by atoms with Crippen molar-refractivity contribution >= 4 is 27.5 Å². The molecule has 28 heavy (non-hydrogen) atoms. The molecule has 2 amide bonds. The van der Waals surface area contributed by atoms with Gasteiger partial charge in [0.25, 0.3) is 21.8 Å². The summed E-state index contributed by atoms with van der Waals surface area (Å²) in [6, 6.07) is 8.87. The van der Waals surface area contributed by atoms with Gasteiger partial charge in [0.2, 0.25) is 0 Å². The molecule has 3 aliphatic rings. The van der Waals surface area contributed by atoms with Crippen molar-refractivity contribution in [3.8, 4) is 11.5 Å². The number of nitrogens with one attached hydrogen (secondary N) is 1. The Bertz CT molecular complexity index is 1120. The Kier molecular flexibility index (Phi) is 3.63. The summed E-state index contributed by atoms with van der Waals surface area (Å²) in [5.41, 5.74) is 0.763. The van der Waals surface area contributed by atoms with Gasteiger partial charge in [-0.15, -0.1) is 0 Å². The third-order valence-corrected chi connectivity index (χ3v) is 6.77. The number of benzene rings is 2. The lowest BCUT2D eigenvalue weighted by molar-refractivity contribution is 0.0864. The molecule has 0 radical (unpaired) electrons. The second-order valence-corrected chi connectivity index (χ2v) is 8.64. The van der Waals surface area contributed by atoms with Gasteiger partial charge < -0.3 is 14.8 Å². The van der Waals surface area contributed by atoms with Crippen molar-refractivity contribution in [2.24, 2.45) is 0 Å². The van der Waals surface area contributed by atoms with Crippen molar-refractivity contribution in [1.29, 1.82) is 0 Å². The maximum atomic E-state index is 12.7. The number of amides is 2. The third kappa shape index (κ3) is 2.62. The van der Waals surface area contributed by atoms with Crippen LogP contribution in [0.25, 0.3) is 0 Å². The van der Waals surface area contributed by atoms with Crippen LogP contribution in [-0.4, -0.2) is 43.8 Å². The number of rotatable bonds is 3. The first kappa shape index (κ1) is 17.1. The van der Waals surface area contributed by atoms with E-state index in [-0.39, 0.29) is 22.1 Å². The molecule has 1 saturated carbocycles. The van der Waals surface area contributed by atoms with Crippen LogP contribution in [0, 0.1) is 0 Å². The van der Waals surface area contributed by atoms with Crippen LogP contribution in [0.4, 0.5) is 5.69 Å². The summed E-state index contributed by atoms with van der Waals surface area (Å²) in [6.07, 6.45) is 1.35. The van der Waals surface area contributed by atoms with Gasteiger partial charge in [0.15, 0.2) is 11.5 Å². The first-order valence-corrected chi connectivity index (χ1v) is 10.3. The predicted molar refractivity (Wildman–Crippen MR) is 98.2 cm³/mol. The highest BCUT2D eigenvalue weighted by atomic mass is 32.2. The van der Waals surface area contributed by atoms with Crippen LogP contribution in [0.3, 0.4) is 0 Å². The number of fused-ring (bicyclic) bond motifs is 2. The first-order valence-electron chi connectivity index (χ1n) is 8.89. The molecule has 144 valence electrons. The number of carbonyl (C=O) groups excluding carboxylic acids is 2. The van der Waals surface area contributed by atoms with Gasteiger partial charge in [0.1, 0.15) is 18.1 Å². The van der Waals surface area contributed by atoms with Crippen LogP contribution in [-0.2, 0) is 10.0 Å². The molecule has 0 spiro atoms. The van der Waals surface area contributed by atoms with Gasteiger partial charge in [-0.3, -0.25) is 9.59 Å². The number of hydrogen-bond acceptors (Lipinski definition) is 6. The molecule has 9 heteroatoms. The summed E-state index contributed by atoms with van der Waals surface area (Å²) < 4.78 is 37.3. The number of nitrogens with zero attached hydrogens (tertiary/aromatic N) is 1. The molecule has 0 atom stereocenters. The maximum absolute atomic E-state index is 12.7. The van der Waals surface area contributed by atoms with E-state index in [9.17, 15) is 18.0 Å². The molecule has 2 aromatic carbocycles. The van der Waals surface area contributed by atoms with E-state index in [0.717, 1.165) is 4.31 Å². The van der Waals surface area contributed by atoms with Crippen molar-refractivity contribution in [1.82, 2.24) is 4.31 Å². The Morgan fingerprint density at radius 2 is 1.79 bits per heavy atom. The lowest BCUT2D eigenvalue weighted by atomic mass is 10.1. The average molecular weight is 400 g/mol. The minimum Gasteiger partial charge on any atom is -0.486 e. The molecule has 8 nitrogen and oxygen atoms in total. The van der Waals surface area contributed by atoms with E-state index in [1.807, 2.05) is 0 Å². The zero-order valence-electron chi connectivity index (χ0n) is 14.7. The number of sulfonamides is 1. The number of ether oxygens (including phenoxy) is 2. The molecule has 0 saturated heterocycles. The molecule has 2 aliphatic heterocycles. The Labute approximate surface area is 161 Å². The SMILES string of the molecule is O=C(Nc1ccc2c(c1)OCCO2)c1ccc2c(c1)S(=O)(=O)N(C1CC1)C2=O. The van der Waals surface area contributed by atoms with Gasteiger partial charge in [-0.05, 0) is 43.2 Å². The highest BCUT2D eigenvalue weighted by molar-refractivity contribution is 7.90. The van der Waals surface area contributed by atoms with Crippen LogP contribution in [0.1, 0.15) is 33.6 Å². The fourth-order valence-corrected chi connectivity index (χ4v) is 5.22. The lowest BCUT2D eigenvalue weighted by Crippen LogP contribution is -2.31. The summed E-state index contributed by atoms with van der Waals surface area (Å²) in [4.78, 5) is 24.9. The van der Waals surface area contributed by atoms with Crippen LogP contribution in [0.5, 0.6) is 11.5 Å². The predicted octanol–water partition coefficient (Wildman–Crippen LogP) is 2.02. The van der Waals surface area contributed by atoms with Gasteiger partial charge in [0, 0.05) is 23.4 Å². The van der Waals surface area contributed by atoms with E-state index in [1.165, 1.54) is 18.2 Å². The number of anilines is 1. The molecule has 1 aliphatic carbocycles. The quantitative estimate of drug-likeness (QED) is 0.846. The second-order valence-electron chi connectivity index (χ2n) is 6.86. The van der Waals surface area contributed by atoms with Gasteiger partial charge in [-0.1, -0.05) is 0 Å². The summed E-state index contributed by atoms with van der Waals surface area (Å²) in [5, 5.41) is 2.72. The van der Waals surface area contributed by atoms with Crippen LogP contribution >= 0.6 is 0 Å². The van der Waals surface area contributed by atoms with Crippen molar-refractivity contribution in [3.63, 3.8) is 0 Å². The normalized spacial score (nSPS) is 19.3. The number of hydrogen-bond donors (Lipinski definition) is 1. The molecule has 0 aromatic heterocycles. The number of carbonyl (C=O) groups is 2. The first-order chi connectivity index (χ1) is 13.4. The Balaban J connectivity index is 1.43. The fraction of sp³-hybridized carbons (Fsp3) is 0.263. The van der Waals surface area contributed by atoms with Crippen molar-refractivity contribution in [2.75, 3.05) is 18.5 Å². The summed E-state index contributed by atoms with van der Waals surface area (Å²) in [6.45, 7) is 0.900. The van der Waals surface area contributed by atoms with E-state index < -0.39 is 21.8 Å². The van der Waals surface area contributed by atoms with Crippen LogP contribution in [0.15, 0.2) is 41.3 Å². The van der Waals surface area contributed by atoms with Crippen molar-refractivity contribution < 1.29 is 27.5 Å². The molecule has 0 unspecified atom stereocenters. The minimum atomic E-state index is -3.91. The fourth-order valence-electron chi connectivity index (χ4n) is 3.38. The van der Waals surface area contributed by atoms with Gasteiger partial charge in [-0.25, -0.2) is 12.7 Å². The van der Waals surface area contributed by atoms with Crippen molar-refractivity contribution in [2.45, 2.75) is 23.8 Å². The van der Waals surface area contributed by atoms with Gasteiger partial charge in [-0.2, -0.15) is 0 Å². The zero-order valence-corrected chi connectivity index (χ0v) is 15.5. The lowest BCUT2D eigenvalue weighted by Gasteiger charge is -2.19. The molecule has 2 heterocycles. The molecule has 1 N–H and O–H groups in total. The standard InChI is InChI=1S/C19H16N2O6S/c22-18(20-12-2-6-15-16(10-12)27-8-7-26-15)11-1-5-14-17(9-11)28(24,25)21(19(14)23)13-3-4-13/h1-2,5-6,9-10,13H,3-4,7-8H2,(H,20,22). The second kappa shape index (κ2) is 5.96. The Morgan fingerprint density at radius 1 is 1.04 bits per heavy atom. The smallest absolute Gasteiger partial charge is 0.269 e. The monoisotopic (exact) mass is 400 g/mol. The van der Waals surface area contributed by atoms with E-state index in [0.29, 0.717) is 43.2 Å². The van der Waals surface area contributed by atoms with Crippen molar-refractivity contribution in [3.05, 3.63) is 47.5 Å².